The van der Waals surface area contributed by atoms with Crippen LogP contribution in [0.25, 0.3) is 52.8 Å². The predicted octanol–water partition coefficient (Wildman–Crippen LogP) is 8.29. The third kappa shape index (κ3) is 3.42. The van der Waals surface area contributed by atoms with Gasteiger partial charge in [0.2, 0.25) is 0 Å². The molecule has 2 N–H and O–H groups in total. The SMILES string of the molecule is O=C(O)c1sc2ccc3ccccc3c2c1-c1c(NC(=O)C(F)(F)F)sc2ccc3ccccc3c12. The molecule has 0 aliphatic heterocycles. The van der Waals surface area contributed by atoms with Gasteiger partial charge in [0.05, 0.1) is 0 Å². The molecule has 2 aromatic heterocycles. The fourth-order valence-corrected chi connectivity index (χ4v) is 6.81. The van der Waals surface area contributed by atoms with Crippen molar-refractivity contribution in [1.82, 2.24) is 0 Å². The van der Waals surface area contributed by atoms with E-state index in [2.05, 4.69) is 0 Å². The molecule has 178 valence electrons. The maximum Gasteiger partial charge on any atom is 0.471 e. The van der Waals surface area contributed by atoms with E-state index < -0.39 is 18.1 Å². The van der Waals surface area contributed by atoms with E-state index in [1.165, 1.54) is 0 Å². The highest BCUT2D eigenvalue weighted by Gasteiger charge is 2.40. The van der Waals surface area contributed by atoms with E-state index in [1.807, 2.05) is 72.0 Å². The van der Waals surface area contributed by atoms with Crippen molar-refractivity contribution in [1.29, 1.82) is 0 Å². The minimum absolute atomic E-state index is 0.00325. The summed E-state index contributed by atoms with van der Waals surface area (Å²) < 4.78 is 41.2. The van der Waals surface area contributed by atoms with Crippen molar-refractivity contribution in [2.75, 3.05) is 5.32 Å². The van der Waals surface area contributed by atoms with Gasteiger partial charge in [-0.2, -0.15) is 13.2 Å². The number of carbonyl (C=O) groups is 2. The van der Waals surface area contributed by atoms with Crippen LogP contribution in [-0.4, -0.2) is 23.2 Å². The van der Waals surface area contributed by atoms with Gasteiger partial charge in [-0.1, -0.05) is 60.7 Å². The highest BCUT2D eigenvalue weighted by atomic mass is 32.1. The molecule has 4 nitrogen and oxygen atoms in total. The summed E-state index contributed by atoms with van der Waals surface area (Å²) in [6.45, 7) is 0. The molecule has 0 radical (unpaired) electrons. The first-order chi connectivity index (χ1) is 17.2. The molecule has 36 heavy (non-hydrogen) atoms. The quantitative estimate of drug-likeness (QED) is 0.246. The van der Waals surface area contributed by atoms with Crippen LogP contribution in [0, 0.1) is 0 Å². The lowest BCUT2D eigenvalue weighted by Crippen LogP contribution is -2.29. The lowest BCUT2D eigenvalue weighted by atomic mass is 9.94. The number of benzene rings is 4. The molecule has 0 atom stereocenters. The third-order valence-electron chi connectivity index (χ3n) is 6.09. The summed E-state index contributed by atoms with van der Waals surface area (Å²) in [6.07, 6.45) is -5.10. The number of amides is 1. The van der Waals surface area contributed by atoms with Gasteiger partial charge < -0.3 is 10.4 Å². The first-order valence-corrected chi connectivity index (χ1v) is 12.4. The number of nitrogens with one attached hydrogen (secondary N) is 1. The van der Waals surface area contributed by atoms with E-state index >= 15 is 0 Å². The molecular weight excluding hydrogens is 507 g/mol. The zero-order valence-electron chi connectivity index (χ0n) is 18.1. The van der Waals surface area contributed by atoms with E-state index in [1.54, 1.807) is 6.07 Å². The molecule has 0 saturated heterocycles. The number of thiophene rings is 2. The van der Waals surface area contributed by atoms with Crippen molar-refractivity contribution >= 4 is 81.3 Å². The van der Waals surface area contributed by atoms with Gasteiger partial charge in [0, 0.05) is 31.3 Å². The Balaban J connectivity index is 1.82. The van der Waals surface area contributed by atoms with Gasteiger partial charge in [-0.3, -0.25) is 4.79 Å². The third-order valence-corrected chi connectivity index (χ3v) is 8.30. The number of alkyl halides is 3. The molecule has 4 aromatic carbocycles. The van der Waals surface area contributed by atoms with Gasteiger partial charge in [-0.15, -0.1) is 22.7 Å². The summed E-state index contributed by atoms with van der Waals surface area (Å²) >= 11 is 2.06. The van der Waals surface area contributed by atoms with Crippen LogP contribution in [0.15, 0.2) is 72.8 Å². The summed E-state index contributed by atoms with van der Waals surface area (Å²) in [5.41, 5.74) is 0.587. The number of halogens is 3. The summed E-state index contributed by atoms with van der Waals surface area (Å²) in [6, 6.07) is 22.2. The maximum absolute atomic E-state index is 13.3. The van der Waals surface area contributed by atoms with Crippen LogP contribution >= 0.6 is 22.7 Å². The van der Waals surface area contributed by atoms with E-state index in [0.29, 0.717) is 25.7 Å². The maximum atomic E-state index is 13.3. The Morgan fingerprint density at radius 1 is 0.722 bits per heavy atom. The van der Waals surface area contributed by atoms with Crippen LogP contribution in [0.2, 0.25) is 0 Å². The van der Waals surface area contributed by atoms with Gasteiger partial charge in [0.1, 0.15) is 9.88 Å². The number of anilines is 1. The van der Waals surface area contributed by atoms with E-state index in [9.17, 15) is 27.9 Å². The topological polar surface area (TPSA) is 66.4 Å². The second kappa shape index (κ2) is 8.04. The van der Waals surface area contributed by atoms with Crippen LogP contribution in [-0.2, 0) is 4.79 Å². The summed E-state index contributed by atoms with van der Waals surface area (Å²) in [4.78, 5) is 24.5. The monoisotopic (exact) mass is 521 g/mol. The Morgan fingerprint density at radius 3 is 1.81 bits per heavy atom. The number of carboxylic acid groups (broad SMARTS) is 1. The normalized spacial score (nSPS) is 12.1. The Kier molecular flexibility index (Phi) is 5.03. The van der Waals surface area contributed by atoms with Crippen LogP contribution in [0.1, 0.15) is 9.67 Å². The Labute approximate surface area is 209 Å². The average molecular weight is 522 g/mol. The average Bonchev–Trinajstić information content (AvgIpc) is 3.41. The second-order valence-electron chi connectivity index (χ2n) is 8.19. The molecule has 6 rings (SSSR count). The van der Waals surface area contributed by atoms with Gasteiger partial charge in [0.15, 0.2) is 0 Å². The minimum Gasteiger partial charge on any atom is -0.477 e. The number of hydrogen-bond donors (Lipinski definition) is 2. The first-order valence-electron chi connectivity index (χ1n) is 10.7. The van der Waals surface area contributed by atoms with Crippen molar-refractivity contribution < 1.29 is 27.9 Å². The molecule has 0 spiro atoms. The number of carbonyl (C=O) groups excluding carboxylic acids is 1. The van der Waals surface area contributed by atoms with Crippen molar-refractivity contribution in [2.24, 2.45) is 0 Å². The van der Waals surface area contributed by atoms with Crippen LogP contribution in [0.4, 0.5) is 18.2 Å². The van der Waals surface area contributed by atoms with Gasteiger partial charge in [0.25, 0.3) is 0 Å². The fraction of sp³-hybridized carbons (Fsp3) is 0.0370. The molecule has 0 aliphatic carbocycles. The largest absolute Gasteiger partial charge is 0.477 e. The molecule has 2 heterocycles. The smallest absolute Gasteiger partial charge is 0.471 e. The van der Waals surface area contributed by atoms with E-state index in [-0.39, 0.29) is 15.4 Å². The molecule has 0 unspecified atom stereocenters. The number of rotatable bonds is 3. The summed E-state index contributed by atoms with van der Waals surface area (Å²) in [5, 5.41) is 16.6. The van der Waals surface area contributed by atoms with Gasteiger partial charge >= 0.3 is 18.1 Å². The molecule has 1 amide bonds. The summed E-state index contributed by atoms with van der Waals surface area (Å²) in [5.74, 6) is -3.30. The van der Waals surface area contributed by atoms with Gasteiger partial charge in [-0.25, -0.2) is 4.79 Å². The number of aromatic carboxylic acids is 1. The highest BCUT2D eigenvalue weighted by Crippen LogP contribution is 2.52. The molecule has 0 aliphatic rings. The zero-order chi connectivity index (χ0) is 25.2. The number of hydrogen-bond acceptors (Lipinski definition) is 4. The van der Waals surface area contributed by atoms with E-state index in [4.69, 9.17) is 0 Å². The highest BCUT2D eigenvalue weighted by molar-refractivity contribution is 7.24. The van der Waals surface area contributed by atoms with Crippen LogP contribution in [0.5, 0.6) is 0 Å². The molecule has 0 bridgehead atoms. The van der Waals surface area contributed by atoms with Crippen molar-refractivity contribution in [3.05, 3.63) is 77.7 Å². The lowest BCUT2D eigenvalue weighted by Gasteiger charge is -2.11. The Bertz CT molecular complexity index is 1870. The predicted molar refractivity (Wildman–Crippen MR) is 139 cm³/mol. The van der Waals surface area contributed by atoms with E-state index in [0.717, 1.165) is 44.2 Å². The number of fused-ring (bicyclic) bond motifs is 6. The molecule has 6 aromatic rings. The first kappa shape index (κ1) is 22.5. The molecular formula is C27H14F3NO3S2. The standard InChI is InChI=1S/C27H14F3NO3S2/c28-27(29,30)26(34)31-24-22(20-16-8-4-2-6-14(16)10-12-18(20)36-24)21-19-15-7-3-1-5-13(15)9-11-17(19)35-23(21)25(32)33/h1-12H,(H,31,34)(H,32,33). The zero-order valence-corrected chi connectivity index (χ0v) is 19.8. The molecule has 0 fully saturated rings. The van der Waals surface area contributed by atoms with Crippen molar-refractivity contribution in [3.8, 4) is 11.1 Å². The van der Waals surface area contributed by atoms with Crippen LogP contribution in [0.3, 0.4) is 0 Å². The number of carboxylic acids is 1. The lowest BCUT2D eigenvalue weighted by molar-refractivity contribution is -0.167. The van der Waals surface area contributed by atoms with Crippen molar-refractivity contribution in [2.45, 2.75) is 6.18 Å². The molecule has 9 heteroatoms. The fourth-order valence-electron chi connectivity index (χ4n) is 4.63. The van der Waals surface area contributed by atoms with Crippen LogP contribution < -0.4 is 5.32 Å². The van der Waals surface area contributed by atoms with Crippen molar-refractivity contribution in [3.63, 3.8) is 0 Å². The molecule has 0 saturated carbocycles. The summed E-state index contributed by atoms with van der Waals surface area (Å²) in [7, 11) is 0. The second-order valence-corrected chi connectivity index (χ2v) is 10.3. The minimum atomic E-state index is -5.10. The Morgan fingerprint density at radius 2 is 1.25 bits per heavy atom. The van der Waals surface area contributed by atoms with Gasteiger partial charge in [-0.05, 0) is 33.7 Å². The Hall–Kier alpha value is -3.95.